The Balaban J connectivity index is 0.000000861. The van der Waals surface area contributed by atoms with Gasteiger partial charge in [0.2, 0.25) is 0 Å². The highest BCUT2D eigenvalue weighted by molar-refractivity contribution is 5.68. The number of carbonyl (C=O) groups is 1. The molecular weight excluding hydrogens is 242 g/mol. The van der Waals surface area contributed by atoms with Crippen LogP contribution in [-0.2, 0) is 11.3 Å². The fourth-order valence-corrected chi connectivity index (χ4v) is 2.07. The van der Waals surface area contributed by atoms with Crippen molar-refractivity contribution in [1.29, 1.82) is 0 Å². The lowest BCUT2D eigenvalue weighted by atomic mass is 10.2. The minimum atomic E-state index is -0.328. The molecule has 4 heteroatoms. The lowest BCUT2D eigenvalue weighted by molar-refractivity contribution is 0.0795. The van der Waals surface area contributed by atoms with E-state index in [1.165, 1.54) is 0 Å². The molecule has 1 fully saturated rings. The van der Waals surface area contributed by atoms with Gasteiger partial charge in [-0.3, -0.25) is 0 Å². The molecule has 1 aromatic carbocycles. The number of hydrogen-bond acceptors (Lipinski definition) is 3. The molecule has 1 heterocycles. The largest absolute Gasteiger partial charge is 0.445 e. The van der Waals surface area contributed by atoms with Crippen LogP contribution in [0.3, 0.4) is 0 Å². The van der Waals surface area contributed by atoms with Crippen LogP contribution < -0.4 is 0 Å². The number of carbonyl (C=O) groups excluding carboxylic acids is 1. The van der Waals surface area contributed by atoms with Crippen molar-refractivity contribution in [2.75, 3.05) is 13.2 Å². The molecule has 1 unspecified atom stereocenters. The summed E-state index contributed by atoms with van der Waals surface area (Å²) in [6.45, 7) is 4.98. The van der Waals surface area contributed by atoms with Crippen molar-refractivity contribution in [3.8, 4) is 0 Å². The van der Waals surface area contributed by atoms with E-state index in [0.717, 1.165) is 18.4 Å². The summed E-state index contributed by atoms with van der Waals surface area (Å²) in [6, 6.07) is 9.51. The molecular formula is C15H23NO3. The van der Waals surface area contributed by atoms with E-state index in [0.29, 0.717) is 6.54 Å². The van der Waals surface area contributed by atoms with Crippen LogP contribution >= 0.6 is 0 Å². The fourth-order valence-electron chi connectivity index (χ4n) is 2.07. The van der Waals surface area contributed by atoms with Gasteiger partial charge in [-0.2, -0.15) is 0 Å². The molecule has 19 heavy (non-hydrogen) atoms. The predicted molar refractivity (Wildman–Crippen MR) is 74.8 cm³/mol. The van der Waals surface area contributed by atoms with E-state index >= 15 is 0 Å². The van der Waals surface area contributed by atoms with Crippen molar-refractivity contribution in [1.82, 2.24) is 4.90 Å². The van der Waals surface area contributed by atoms with Gasteiger partial charge in [-0.05, 0) is 18.4 Å². The summed E-state index contributed by atoms with van der Waals surface area (Å²) in [5.74, 6) is 0. The minimum Gasteiger partial charge on any atom is -0.445 e. The summed E-state index contributed by atoms with van der Waals surface area (Å²) < 4.78 is 5.22. The van der Waals surface area contributed by atoms with Crippen molar-refractivity contribution in [3.63, 3.8) is 0 Å². The molecule has 0 bridgehead atoms. The second-order valence-electron chi connectivity index (χ2n) is 4.21. The second kappa shape index (κ2) is 8.53. The van der Waals surface area contributed by atoms with Crippen molar-refractivity contribution >= 4 is 6.09 Å². The zero-order valence-electron chi connectivity index (χ0n) is 11.7. The van der Waals surface area contributed by atoms with Crippen LogP contribution in [0, 0.1) is 0 Å². The van der Waals surface area contributed by atoms with Gasteiger partial charge in [0.15, 0.2) is 0 Å². The Morgan fingerprint density at radius 1 is 1.37 bits per heavy atom. The van der Waals surface area contributed by atoms with Gasteiger partial charge in [-0.15, -0.1) is 0 Å². The van der Waals surface area contributed by atoms with E-state index in [1.54, 1.807) is 4.90 Å². The highest BCUT2D eigenvalue weighted by Gasteiger charge is 2.28. The molecule has 4 nitrogen and oxygen atoms in total. The van der Waals surface area contributed by atoms with Crippen molar-refractivity contribution in [2.24, 2.45) is 0 Å². The Morgan fingerprint density at radius 3 is 2.68 bits per heavy atom. The fraction of sp³-hybridized carbons (Fsp3) is 0.533. The first-order chi connectivity index (χ1) is 9.31. The topological polar surface area (TPSA) is 49.8 Å². The first-order valence-corrected chi connectivity index (χ1v) is 6.89. The van der Waals surface area contributed by atoms with Gasteiger partial charge < -0.3 is 14.7 Å². The first kappa shape index (κ1) is 15.5. The number of benzene rings is 1. The lowest BCUT2D eigenvalue weighted by Crippen LogP contribution is -2.37. The number of hydrogen-bond donors (Lipinski definition) is 1. The third-order valence-corrected chi connectivity index (χ3v) is 3.03. The number of amides is 1. The summed E-state index contributed by atoms with van der Waals surface area (Å²) in [4.78, 5) is 13.4. The van der Waals surface area contributed by atoms with E-state index in [4.69, 9.17) is 9.84 Å². The lowest BCUT2D eigenvalue weighted by Gasteiger charge is -2.22. The maximum atomic E-state index is 11.8. The Labute approximate surface area is 115 Å². The molecule has 0 saturated carbocycles. The van der Waals surface area contributed by atoms with Crippen molar-refractivity contribution < 1.29 is 14.6 Å². The molecule has 0 aliphatic carbocycles. The smallest absolute Gasteiger partial charge is 0.410 e. The molecule has 1 amide bonds. The van der Waals surface area contributed by atoms with Gasteiger partial charge in [-0.1, -0.05) is 44.2 Å². The highest BCUT2D eigenvalue weighted by Crippen LogP contribution is 2.18. The Bertz CT molecular complexity index is 367. The predicted octanol–water partition coefficient (Wildman–Crippen LogP) is 2.81. The number of ether oxygens (including phenoxy) is 1. The number of likely N-dealkylation sites (tertiary alicyclic amines) is 1. The minimum absolute atomic E-state index is 0.0143. The van der Waals surface area contributed by atoms with Gasteiger partial charge in [0.25, 0.3) is 0 Å². The highest BCUT2D eigenvalue weighted by atomic mass is 16.6. The molecule has 0 radical (unpaired) electrons. The van der Waals surface area contributed by atoms with Gasteiger partial charge in [0.05, 0.1) is 12.6 Å². The Kier molecular flexibility index (Phi) is 6.97. The summed E-state index contributed by atoms with van der Waals surface area (Å²) in [5.41, 5.74) is 0.973. The normalized spacial score (nSPS) is 17.6. The molecule has 1 N–H and O–H groups in total. The van der Waals surface area contributed by atoms with Gasteiger partial charge >= 0.3 is 6.09 Å². The molecule has 0 spiro atoms. The number of nitrogens with zero attached hydrogens (tertiary/aromatic N) is 1. The molecule has 1 aliphatic rings. The standard InChI is InChI=1S/C13H17NO3.C2H6/c15-9-12-7-4-8-14(12)13(16)17-10-11-5-2-1-3-6-11;1-2/h1-3,5-6,12,15H,4,7-10H2;1-2H3. The van der Waals surface area contributed by atoms with Crippen LogP contribution in [0.15, 0.2) is 30.3 Å². The molecule has 106 valence electrons. The summed E-state index contributed by atoms with van der Waals surface area (Å²) in [5, 5.41) is 9.12. The SMILES string of the molecule is CC.O=C(OCc1ccccc1)N1CCCC1CO. The maximum Gasteiger partial charge on any atom is 0.410 e. The quantitative estimate of drug-likeness (QED) is 0.914. The molecule has 1 saturated heterocycles. The maximum absolute atomic E-state index is 11.8. The number of aliphatic hydroxyl groups is 1. The van der Waals surface area contributed by atoms with Crippen LogP contribution in [0.2, 0.25) is 0 Å². The van der Waals surface area contributed by atoms with Crippen molar-refractivity contribution in [3.05, 3.63) is 35.9 Å². The van der Waals surface area contributed by atoms with E-state index < -0.39 is 0 Å². The van der Waals surface area contributed by atoms with Crippen LogP contribution in [0.25, 0.3) is 0 Å². The van der Waals surface area contributed by atoms with Crippen LogP contribution in [-0.4, -0.2) is 35.3 Å². The zero-order valence-corrected chi connectivity index (χ0v) is 11.7. The zero-order chi connectivity index (χ0) is 14.1. The van der Waals surface area contributed by atoms with Gasteiger partial charge in [0.1, 0.15) is 6.61 Å². The Morgan fingerprint density at radius 2 is 2.05 bits per heavy atom. The number of aliphatic hydroxyl groups excluding tert-OH is 1. The second-order valence-corrected chi connectivity index (χ2v) is 4.21. The van der Waals surface area contributed by atoms with Crippen LogP contribution in [0.4, 0.5) is 4.79 Å². The van der Waals surface area contributed by atoms with Crippen LogP contribution in [0.5, 0.6) is 0 Å². The average molecular weight is 265 g/mol. The summed E-state index contributed by atoms with van der Waals surface area (Å²) >= 11 is 0. The van der Waals surface area contributed by atoms with Crippen molar-refractivity contribution in [2.45, 2.75) is 39.3 Å². The third-order valence-electron chi connectivity index (χ3n) is 3.03. The molecule has 1 aliphatic heterocycles. The van der Waals surface area contributed by atoms with E-state index in [9.17, 15) is 4.79 Å². The average Bonchev–Trinajstić information content (AvgIpc) is 2.96. The van der Waals surface area contributed by atoms with Gasteiger partial charge in [-0.25, -0.2) is 4.79 Å². The van der Waals surface area contributed by atoms with Crippen LogP contribution in [0.1, 0.15) is 32.3 Å². The molecule has 1 atom stereocenters. The number of rotatable bonds is 3. The molecule has 1 aromatic rings. The summed E-state index contributed by atoms with van der Waals surface area (Å²) in [7, 11) is 0. The monoisotopic (exact) mass is 265 g/mol. The third kappa shape index (κ3) is 4.56. The molecule has 2 rings (SSSR count). The van der Waals surface area contributed by atoms with E-state index in [1.807, 2.05) is 44.2 Å². The molecule has 0 aromatic heterocycles. The Hall–Kier alpha value is -1.55. The van der Waals surface area contributed by atoms with E-state index in [2.05, 4.69) is 0 Å². The van der Waals surface area contributed by atoms with Gasteiger partial charge in [0, 0.05) is 6.54 Å². The first-order valence-electron chi connectivity index (χ1n) is 6.89. The van der Waals surface area contributed by atoms with E-state index in [-0.39, 0.29) is 25.3 Å². The summed E-state index contributed by atoms with van der Waals surface area (Å²) in [6.07, 6.45) is 1.47.